The molecule has 0 aliphatic carbocycles. The Labute approximate surface area is 157 Å². The van der Waals surface area contributed by atoms with Gasteiger partial charge in [0.25, 0.3) is 0 Å². The van der Waals surface area contributed by atoms with Gasteiger partial charge in [-0.25, -0.2) is 0 Å². The fraction of sp³-hybridized carbons (Fsp3) is 0.478. The number of hydrogen-bond donors (Lipinski definition) is 0. The molecule has 0 radical (unpaired) electrons. The van der Waals surface area contributed by atoms with E-state index < -0.39 is 0 Å². The molecular weight excluding hydrogens is 324 g/mol. The zero-order valence-corrected chi connectivity index (χ0v) is 16.7. The highest BCUT2D eigenvalue weighted by Crippen LogP contribution is 2.44. The molecule has 1 fully saturated rings. The smallest absolute Gasteiger partial charge is 0.0946 e. The van der Waals surface area contributed by atoms with Crippen molar-refractivity contribution in [2.75, 3.05) is 6.61 Å². The van der Waals surface area contributed by atoms with Crippen LogP contribution in [0.1, 0.15) is 75.2 Å². The van der Waals surface area contributed by atoms with Gasteiger partial charge in [0, 0.05) is 16.8 Å². The zero-order valence-electron chi connectivity index (χ0n) is 15.9. The molecule has 1 heterocycles. The van der Waals surface area contributed by atoms with E-state index >= 15 is 0 Å². The van der Waals surface area contributed by atoms with Gasteiger partial charge in [0.15, 0.2) is 0 Å². The predicted octanol–water partition coefficient (Wildman–Crippen LogP) is 6.95. The van der Waals surface area contributed by atoms with Crippen LogP contribution in [0, 0.1) is 0 Å². The van der Waals surface area contributed by atoms with Crippen LogP contribution < -0.4 is 0 Å². The Morgan fingerprint density at radius 1 is 0.880 bits per heavy atom. The Bertz CT molecular complexity index is 651. The first-order chi connectivity index (χ1) is 12.1. The van der Waals surface area contributed by atoms with E-state index in [1.54, 1.807) is 0 Å². The van der Waals surface area contributed by atoms with E-state index in [-0.39, 0.29) is 6.10 Å². The van der Waals surface area contributed by atoms with Crippen molar-refractivity contribution >= 4 is 11.8 Å². The van der Waals surface area contributed by atoms with Gasteiger partial charge in [0.1, 0.15) is 0 Å². The van der Waals surface area contributed by atoms with Crippen LogP contribution in [0.5, 0.6) is 0 Å². The van der Waals surface area contributed by atoms with Crippen molar-refractivity contribution in [1.29, 1.82) is 0 Å². The summed E-state index contributed by atoms with van der Waals surface area (Å²) in [6, 6.07) is 17.6. The standard InChI is InChI=1S/C23H30OS/c1-16(2)19-12-8-13-20(17(3)4)23(19)25-21-14-9-15-24-22(21)18-10-6-5-7-11-18/h5-8,10-13,16-17,21-22H,9,14-15H2,1-4H3/t21-,22+/m0/s1. The third-order valence-electron chi connectivity index (χ3n) is 4.99. The summed E-state index contributed by atoms with van der Waals surface area (Å²) in [6.45, 7) is 10.1. The molecule has 0 amide bonds. The minimum Gasteiger partial charge on any atom is -0.372 e. The van der Waals surface area contributed by atoms with E-state index in [1.807, 2.05) is 0 Å². The summed E-state index contributed by atoms with van der Waals surface area (Å²) < 4.78 is 6.23. The third-order valence-corrected chi connectivity index (χ3v) is 6.48. The first kappa shape index (κ1) is 18.5. The quantitative estimate of drug-likeness (QED) is 0.575. The van der Waals surface area contributed by atoms with E-state index in [0.717, 1.165) is 13.0 Å². The van der Waals surface area contributed by atoms with Gasteiger partial charge in [-0.3, -0.25) is 0 Å². The average Bonchev–Trinajstić information content (AvgIpc) is 2.62. The van der Waals surface area contributed by atoms with Crippen molar-refractivity contribution in [2.24, 2.45) is 0 Å². The highest BCUT2D eigenvalue weighted by molar-refractivity contribution is 8.00. The Morgan fingerprint density at radius 2 is 1.52 bits per heavy atom. The van der Waals surface area contributed by atoms with Crippen molar-refractivity contribution < 1.29 is 4.74 Å². The van der Waals surface area contributed by atoms with Crippen LogP contribution in [-0.4, -0.2) is 11.9 Å². The molecule has 1 aliphatic rings. The summed E-state index contributed by atoms with van der Waals surface area (Å²) >= 11 is 2.05. The Kier molecular flexibility index (Phi) is 6.24. The average molecular weight is 355 g/mol. The molecule has 0 unspecified atom stereocenters. The van der Waals surface area contributed by atoms with E-state index in [9.17, 15) is 0 Å². The Balaban J connectivity index is 1.94. The molecule has 0 spiro atoms. The monoisotopic (exact) mass is 354 g/mol. The molecule has 2 heteroatoms. The summed E-state index contributed by atoms with van der Waals surface area (Å²) in [5.74, 6) is 1.08. The molecule has 0 saturated carbocycles. The summed E-state index contributed by atoms with van der Waals surface area (Å²) in [6.07, 6.45) is 2.57. The fourth-order valence-corrected chi connectivity index (χ4v) is 5.42. The number of hydrogen-bond acceptors (Lipinski definition) is 2. The second kappa shape index (κ2) is 8.42. The van der Waals surface area contributed by atoms with Gasteiger partial charge in [-0.05, 0) is 41.4 Å². The normalized spacial score (nSPS) is 21.0. The minimum atomic E-state index is 0.195. The van der Waals surface area contributed by atoms with Gasteiger partial charge in [-0.1, -0.05) is 76.2 Å². The number of rotatable bonds is 5. The van der Waals surface area contributed by atoms with Crippen molar-refractivity contribution in [3.63, 3.8) is 0 Å². The predicted molar refractivity (Wildman–Crippen MR) is 109 cm³/mol. The lowest BCUT2D eigenvalue weighted by atomic mass is 9.95. The molecule has 2 aromatic carbocycles. The molecule has 2 atom stereocenters. The van der Waals surface area contributed by atoms with Crippen LogP contribution in [0.25, 0.3) is 0 Å². The van der Waals surface area contributed by atoms with Crippen molar-refractivity contribution in [3.05, 3.63) is 65.2 Å². The van der Waals surface area contributed by atoms with E-state index in [2.05, 4.69) is 88.0 Å². The van der Waals surface area contributed by atoms with Gasteiger partial charge >= 0.3 is 0 Å². The molecule has 1 saturated heterocycles. The molecule has 0 bridgehead atoms. The number of ether oxygens (including phenoxy) is 1. The maximum Gasteiger partial charge on any atom is 0.0946 e. The SMILES string of the molecule is CC(C)c1cccc(C(C)C)c1S[C@H]1CCCO[C@@H]1c1ccccc1. The van der Waals surface area contributed by atoms with Crippen LogP contribution >= 0.6 is 11.8 Å². The van der Waals surface area contributed by atoms with Crippen LogP contribution in [0.3, 0.4) is 0 Å². The third kappa shape index (κ3) is 4.30. The van der Waals surface area contributed by atoms with E-state index in [1.165, 1.54) is 28.0 Å². The highest BCUT2D eigenvalue weighted by atomic mass is 32.2. The molecular formula is C23H30OS. The van der Waals surface area contributed by atoms with Crippen LogP contribution in [-0.2, 0) is 4.74 Å². The maximum atomic E-state index is 6.23. The second-order valence-electron chi connectivity index (χ2n) is 7.58. The lowest BCUT2D eigenvalue weighted by Crippen LogP contribution is -2.25. The molecule has 3 rings (SSSR count). The minimum absolute atomic E-state index is 0.195. The van der Waals surface area contributed by atoms with E-state index in [4.69, 9.17) is 4.74 Å². The Morgan fingerprint density at radius 3 is 2.12 bits per heavy atom. The maximum absolute atomic E-state index is 6.23. The van der Waals surface area contributed by atoms with Crippen LogP contribution in [0.4, 0.5) is 0 Å². The van der Waals surface area contributed by atoms with E-state index in [0.29, 0.717) is 17.1 Å². The number of thioether (sulfide) groups is 1. The van der Waals surface area contributed by atoms with Gasteiger partial charge < -0.3 is 4.74 Å². The van der Waals surface area contributed by atoms with Gasteiger partial charge in [-0.2, -0.15) is 0 Å². The van der Waals surface area contributed by atoms with Gasteiger partial charge in [0.2, 0.25) is 0 Å². The Hall–Kier alpha value is -1.25. The molecule has 134 valence electrons. The first-order valence-electron chi connectivity index (χ1n) is 9.54. The van der Waals surface area contributed by atoms with Crippen molar-refractivity contribution in [1.82, 2.24) is 0 Å². The lowest BCUT2D eigenvalue weighted by molar-refractivity contribution is 0.0202. The fourth-order valence-electron chi connectivity index (χ4n) is 3.60. The van der Waals surface area contributed by atoms with Crippen molar-refractivity contribution in [2.45, 2.75) is 68.6 Å². The van der Waals surface area contributed by atoms with Crippen LogP contribution in [0.2, 0.25) is 0 Å². The molecule has 0 N–H and O–H groups in total. The zero-order chi connectivity index (χ0) is 17.8. The van der Waals surface area contributed by atoms with Crippen LogP contribution in [0.15, 0.2) is 53.4 Å². The number of benzene rings is 2. The van der Waals surface area contributed by atoms with Gasteiger partial charge in [-0.15, -0.1) is 11.8 Å². The van der Waals surface area contributed by atoms with Crippen molar-refractivity contribution in [3.8, 4) is 0 Å². The molecule has 2 aromatic rings. The lowest BCUT2D eigenvalue weighted by Gasteiger charge is -2.33. The largest absolute Gasteiger partial charge is 0.372 e. The summed E-state index contributed by atoms with van der Waals surface area (Å²) in [5.41, 5.74) is 4.27. The molecule has 1 aliphatic heterocycles. The molecule has 1 nitrogen and oxygen atoms in total. The highest BCUT2D eigenvalue weighted by Gasteiger charge is 2.30. The second-order valence-corrected chi connectivity index (χ2v) is 8.83. The van der Waals surface area contributed by atoms with Gasteiger partial charge in [0.05, 0.1) is 6.10 Å². The summed E-state index contributed by atoms with van der Waals surface area (Å²) in [5, 5.41) is 0.480. The summed E-state index contributed by atoms with van der Waals surface area (Å²) in [7, 11) is 0. The molecule has 25 heavy (non-hydrogen) atoms. The topological polar surface area (TPSA) is 9.23 Å². The molecule has 0 aromatic heterocycles. The summed E-state index contributed by atoms with van der Waals surface area (Å²) in [4.78, 5) is 1.49. The first-order valence-corrected chi connectivity index (χ1v) is 10.4.